The number of carbonyl (C=O) groups is 3. The molecule has 1 fully saturated rings. The number of carbonyl (C=O) groups excluding carboxylic acids is 3. The second-order valence-electron chi connectivity index (χ2n) is 6.59. The van der Waals surface area contributed by atoms with Crippen LogP contribution in [0.1, 0.15) is 16.9 Å². The molecule has 1 N–H and O–H groups in total. The molecule has 160 valence electrons. The molecule has 8 heteroatoms. The Morgan fingerprint density at radius 1 is 1.19 bits per heavy atom. The Hall–Kier alpha value is -4.07. The lowest BCUT2D eigenvalue weighted by Gasteiger charge is -2.25. The molecule has 1 aliphatic heterocycles. The molecule has 1 saturated heterocycles. The van der Waals surface area contributed by atoms with E-state index >= 15 is 0 Å². The van der Waals surface area contributed by atoms with Crippen molar-refractivity contribution in [2.24, 2.45) is 0 Å². The van der Waals surface area contributed by atoms with Crippen LogP contribution in [0.4, 0.5) is 4.79 Å². The summed E-state index contributed by atoms with van der Waals surface area (Å²) in [5.74, 6) is -0.127. The Bertz CT molecular complexity index is 1050. The third kappa shape index (κ3) is 4.75. The molecule has 0 bridgehead atoms. The van der Waals surface area contributed by atoms with Gasteiger partial charge in [0.15, 0.2) is 11.5 Å². The number of benzene rings is 1. The largest absolute Gasteiger partial charge is 0.493 e. The molecule has 2 aromatic rings. The van der Waals surface area contributed by atoms with E-state index in [9.17, 15) is 14.4 Å². The number of hydrogen-bond donors (Lipinski definition) is 1. The van der Waals surface area contributed by atoms with Crippen molar-refractivity contribution >= 4 is 23.9 Å². The number of imide groups is 2. The molecular formula is C23H22N2O6. The number of urea groups is 1. The van der Waals surface area contributed by atoms with Crippen LogP contribution in [-0.2, 0) is 22.6 Å². The van der Waals surface area contributed by atoms with E-state index in [1.54, 1.807) is 36.4 Å². The summed E-state index contributed by atoms with van der Waals surface area (Å²) in [5.41, 5.74) is 1.11. The standard InChI is InChI=1S/C23H22N2O6/c1-4-7-16-11-15(13-19(29-3)20(16)31-9-5-2)12-18-21(26)24-23(28)25(22(18)27)14-17-8-6-10-30-17/h4-6,8,10-13H,1-2,7,9,14H2,3H3,(H,24,26,28). The van der Waals surface area contributed by atoms with Gasteiger partial charge >= 0.3 is 6.03 Å². The van der Waals surface area contributed by atoms with Crippen LogP contribution >= 0.6 is 0 Å². The highest BCUT2D eigenvalue weighted by Gasteiger charge is 2.36. The minimum atomic E-state index is -0.804. The molecular weight excluding hydrogens is 400 g/mol. The van der Waals surface area contributed by atoms with Crippen molar-refractivity contribution in [1.82, 2.24) is 10.2 Å². The highest BCUT2D eigenvalue weighted by molar-refractivity contribution is 6.30. The van der Waals surface area contributed by atoms with Crippen molar-refractivity contribution in [2.45, 2.75) is 13.0 Å². The van der Waals surface area contributed by atoms with Gasteiger partial charge < -0.3 is 13.9 Å². The average Bonchev–Trinajstić information content (AvgIpc) is 3.26. The smallest absolute Gasteiger partial charge is 0.331 e. The number of furan rings is 1. The molecule has 4 amide bonds. The summed E-state index contributed by atoms with van der Waals surface area (Å²) in [6, 6.07) is 5.89. The first-order chi connectivity index (χ1) is 15.0. The number of allylic oxidation sites excluding steroid dienone is 1. The Kier molecular flexibility index (Phi) is 6.71. The van der Waals surface area contributed by atoms with Gasteiger partial charge in [0.05, 0.1) is 19.9 Å². The van der Waals surface area contributed by atoms with E-state index in [2.05, 4.69) is 18.5 Å². The van der Waals surface area contributed by atoms with Gasteiger partial charge in [-0.15, -0.1) is 6.58 Å². The maximum absolute atomic E-state index is 12.9. The van der Waals surface area contributed by atoms with E-state index in [1.165, 1.54) is 19.4 Å². The number of nitrogens with one attached hydrogen (secondary N) is 1. The van der Waals surface area contributed by atoms with Gasteiger partial charge in [0.25, 0.3) is 11.8 Å². The first-order valence-corrected chi connectivity index (χ1v) is 9.45. The Balaban J connectivity index is 1.99. The summed E-state index contributed by atoms with van der Waals surface area (Å²) >= 11 is 0. The van der Waals surface area contributed by atoms with Crippen LogP contribution in [-0.4, -0.2) is 36.5 Å². The Labute approximate surface area is 179 Å². The zero-order chi connectivity index (χ0) is 22.4. The van der Waals surface area contributed by atoms with Gasteiger partial charge in [-0.1, -0.05) is 18.7 Å². The molecule has 3 rings (SSSR count). The number of rotatable bonds is 9. The van der Waals surface area contributed by atoms with Crippen LogP contribution < -0.4 is 14.8 Å². The van der Waals surface area contributed by atoms with Crippen molar-refractivity contribution in [3.63, 3.8) is 0 Å². The Morgan fingerprint density at radius 2 is 2.00 bits per heavy atom. The van der Waals surface area contributed by atoms with Crippen molar-refractivity contribution in [3.05, 3.63) is 78.3 Å². The SMILES string of the molecule is C=CCOc1c(CC=C)cc(C=C2C(=O)NC(=O)N(Cc3ccco3)C2=O)cc1OC. The van der Waals surface area contributed by atoms with Crippen molar-refractivity contribution in [1.29, 1.82) is 0 Å². The molecule has 1 aliphatic rings. The van der Waals surface area contributed by atoms with Crippen molar-refractivity contribution in [2.75, 3.05) is 13.7 Å². The number of hydrogen-bond acceptors (Lipinski definition) is 6. The van der Waals surface area contributed by atoms with E-state index in [0.29, 0.717) is 29.2 Å². The minimum Gasteiger partial charge on any atom is -0.493 e. The molecule has 0 atom stereocenters. The molecule has 1 aromatic carbocycles. The summed E-state index contributed by atoms with van der Waals surface area (Å²) in [7, 11) is 1.49. The molecule has 8 nitrogen and oxygen atoms in total. The van der Waals surface area contributed by atoms with Gasteiger partial charge in [0.2, 0.25) is 0 Å². The third-order valence-corrected chi connectivity index (χ3v) is 4.47. The van der Waals surface area contributed by atoms with Gasteiger partial charge in [-0.05, 0) is 42.3 Å². The lowest BCUT2D eigenvalue weighted by Crippen LogP contribution is -2.53. The van der Waals surface area contributed by atoms with Gasteiger partial charge in [0.1, 0.15) is 17.9 Å². The zero-order valence-corrected chi connectivity index (χ0v) is 17.1. The second-order valence-corrected chi connectivity index (χ2v) is 6.59. The normalized spacial score (nSPS) is 15.1. The second kappa shape index (κ2) is 9.62. The fraction of sp³-hybridized carbons (Fsp3) is 0.174. The van der Waals surface area contributed by atoms with Crippen LogP contribution in [0.2, 0.25) is 0 Å². The highest BCUT2D eigenvalue weighted by Crippen LogP contribution is 2.34. The van der Waals surface area contributed by atoms with Crippen molar-refractivity contribution < 1.29 is 28.3 Å². The van der Waals surface area contributed by atoms with Gasteiger partial charge in [0, 0.05) is 5.56 Å². The number of barbiturate groups is 1. The summed E-state index contributed by atoms with van der Waals surface area (Å²) in [4.78, 5) is 38.4. The average molecular weight is 422 g/mol. The van der Waals surface area contributed by atoms with E-state index in [1.807, 2.05) is 0 Å². The van der Waals surface area contributed by atoms with Crippen LogP contribution in [0.25, 0.3) is 6.08 Å². The lowest BCUT2D eigenvalue weighted by molar-refractivity contribution is -0.130. The number of methoxy groups -OCH3 is 1. The van der Waals surface area contributed by atoms with Crippen LogP contribution in [0, 0.1) is 0 Å². The number of amides is 4. The fourth-order valence-corrected chi connectivity index (χ4v) is 3.09. The van der Waals surface area contributed by atoms with Gasteiger partial charge in [-0.2, -0.15) is 0 Å². The molecule has 0 radical (unpaired) electrons. The molecule has 0 unspecified atom stereocenters. The molecule has 0 saturated carbocycles. The third-order valence-electron chi connectivity index (χ3n) is 4.47. The topological polar surface area (TPSA) is 98.1 Å². The van der Waals surface area contributed by atoms with Crippen LogP contribution in [0.5, 0.6) is 11.5 Å². The number of nitrogens with zero attached hydrogens (tertiary/aromatic N) is 1. The summed E-state index contributed by atoms with van der Waals surface area (Å²) in [6.45, 7) is 7.58. The molecule has 2 heterocycles. The van der Waals surface area contributed by atoms with Crippen LogP contribution in [0.3, 0.4) is 0 Å². The minimum absolute atomic E-state index is 0.0956. The quantitative estimate of drug-likeness (QED) is 0.378. The summed E-state index contributed by atoms with van der Waals surface area (Å²) in [6.07, 6.45) is 6.64. The van der Waals surface area contributed by atoms with E-state index in [4.69, 9.17) is 13.9 Å². The van der Waals surface area contributed by atoms with Gasteiger partial charge in [-0.3, -0.25) is 19.8 Å². The molecule has 1 aromatic heterocycles. The predicted molar refractivity (Wildman–Crippen MR) is 113 cm³/mol. The monoisotopic (exact) mass is 422 g/mol. The summed E-state index contributed by atoms with van der Waals surface area (Å²) in [5, 5.41) is 2.18. The van der Waals surface area contributed by atoms with E-state index in [0.717, 1.165) is 10.5 Å². The van der Waals surface area contributed by atoms with Crippen molar-refractivity contribution in [3.8, 4) is 11.5 Å². The van der Waals surface area contributed by atoms with Crippen LogP contribution in [0.15, 0.2) is 65.8 Å². The Morgan fingerprint density at radius 3 is 2.65 bits per heavy atom. The fourth-order valence-electron chi connectivity index (χ4n) is 3.09. The maximum Gasteiger partial charge on any atom is 0.331 e. The van der Waals surface area contributed by atoms with Gasteiger partial charge in [-0.25, -0.2) is 4.79 Å². The van der Waals surface area contributed by atoms with E-state index in [-0.39, 0.29) is 18.7 Å². The van der Waals surface area contributed by atoms with E-state index < -0.39 is 17.8 Å². The predicted octanol–water partition coefficient (Wildman–Crippen LogP) is 3.24. The first-order valence-electron chi connectivity index (χ1n) is 9.45. The lowest BCUT2D eigenvalue weighted by atomic mass is 10.0. The first kappa shape index (κ1) is 21.6. The maximum atomic E-state index is 12.9. The molecule has 31 heavy (non-hydrogen) atoms. The summed E-state index contributed by atoms with van der Waals surface area (Å²) < 4.78 is 16.4. The zero-order valence-electron chi connectivity index (χ0n) is 17.1. The molecule has 0 spiro atoms. The number of ether oxygens (including phenoxy) is 2. The molecule has 0 aliphatic carbocycles. The highest BCUT2D eigenvalue weighted by atomic mass is 16.5.